The lowest BCUT2D eigenvalue weighted by molar-refractivity contribution is 0.555. The average Bonchev–Trinajstić information content (AvgIpc) is 2.28. The van der Waals surface area contributed by atoms with Crippen LogP contribution in [0.5, 0.6) is 0 Å². The van der Waals surface area contributed by atoms with Gasteiger partial charge in [-0.15, -0.1) is 0 Å². The van der Waals surface area contributed by atoms with Crippen molar-refractivity contribution in [2.75, 3.05) is 18.5 Å². The van der Waals surface area contributed by atoms with E-state index in [1.54, 1.807) is 12.3 Å². The number of hydrogen-bond acceptors (Lipinski definition) is 4. The first kappa shape index (κ1) is 12.8. The maximum Gasteiger partial charge on any atom is 0.225 e. The molecule has 0 saturated carbocycles. The lowest BCUT2D eigenvalue weighted by Gasteiger charge is -2.20. The standard InChI is InChI=1S/C11H18N4S/c1-4-8(2)7-15(3)11-13-6-5-9(14-11)10(12)16/h5-6,8H,4,7H2,1-3H3,(H2,12,16). The van der Waals surface area contributed by atoms with E-state index in [4.69, 9.17) is 18.0 Å². The van der Waals surface area contributed by atoms with Crippen molar-refractivity contribution in [2.24, 2.45) is 11.7 Å². The molecule has 0 fully saturated rings. The van der Waals surface area contributed by atoms with E-state index in [0.717, 1.165) is 13.0 Å². The summed E-state index contributed by atoms with van der Waals surface area (Å²) in [6, 6.07) is 1.73. The van der Waals surface area contributed by atoms with E-state index in [0.29, 0.717) is 22.5 Å². The Hall–Kier alpha value is -1.23. The molecule has 0 bridgehead atoms. The highest BCUT2D eigenvalue weighted by molar-refractivity contribution is 7.80. The van der Waals surface area contributed by atoms with E-state index in [9.17, 15) is 0 Å². The number of nitrogens with zero attached hydrogens (tertiary/aromatic N) is 3. The van der Waals surface area contributed by atoms with Crippen molar-refractivity contribution < 1.29 is 0 Å². The van der Waals surface area contributed by atoms with Gasteiger partial charge in [0.05, 0.1) is 0 Å². The van der Waals surface area contributed by atoms with Gasteiger partial charge in [-0.1, -0.05) is 32.5 Å². The van der Waals surface area contributed by atoms with E-state index in [1.807, 2.05) is 11.9 Å². The minimum absolute atomic E-state index is 0.306. The van der Waals surface area contributed by atoms with Crippen molar-refractivity contribution in [2.45, 2.75) is 20.3 Å². The highest BCUT2D eigenvalue weighted by Gasteiger charge is 2.09. The first-order chi connectivity index (χ1) is 7.54. The van der Waals surface area contributed by atoms with Crippen molar-refractivity contribution in [3.63, 3.8) is 0 Å². The van der Waals surface area contributed by atoms with Crippen LogP contribution in [0, 0.1) is 5.92 Å². The van der Waals surface area contributed by atoms with Gasteiger partial charge in [0.15, 0.2) is 0 Å². The van der Waals surface area contributed by atoms with Gasteiger partial charge in [-0.2, -0.15) is 0 Å². The predicted octanol–water partition coefficient (Wildman–Crippen LogP) is 1.59. The fourth-order valence-corrected chi connectivity index (χ4v) is 1.46. The summed E-state index contributed by atoms with van der Waals surface area (Å²) < 4.78 is 0. The van der Waals surface area contributed by atoms with Crippen molar-refractivity contribution in [3.05, 3.63) is 18.0 Å². The normalized spacial score (nSPS) is 12.2. The molecular formula is C11H18N4S. The molecule has 16 heavy (non-hydrogen) atoms. The highest BCUT2D eigenvalue weighted by Crippen LogP contribution is 2.10. The fraction of sp³-hybridized carbons (Fsp3) is 0.545. The van der Waals surface area contributed by atoms with Crippen LogP contribution in [0.15, 0.2) is 12.3 Å². The van der Waals surface area contributed by atoms with Crippen LogP contribution in [0.1, 0.15) is 26.0 Å². The largest absolute Gasteiger partial charge is 0.388 e. The molecule has 1 aromatic rings. The molecule has 5 heteroatoms. The second kappa shape index (κ2) is 5.75. The molecule has 1 atom stereocenters. The number of hydrogen-bond donors (Lipinski definition) is 1. The number of anilines is 1. The summed E-state index contributed by atoms with van der Waals surface area (Å²) in [6.45, 7) is 5.30. The topological polar surface area (TPSA) is 55.0 Å². The molecule has 4 nitrogen and oxygen atoms in total. The first-order valence-corrected chi connectivity index (χ1v) is 5.79. The number of nitrogens with two attached hydrogens (primary N) is 1. The Morgan fingerprint density at radius 2 is 2.31 bits per heavy atom. The summed E-state index contributed by atoms with van der Waals surface area (Å²) in [4.78, 5) is 10.8. The quantitative estimate of drug-likeness (QED) is 0.790. The van der Waals surface area contributed by atoms with Gasteiger partial charge in [-0.3, -0.25) is 0 Å². The van der Waals surface area contributed by atoms with Gasteiger partial charge in [-0.05, 0) is 12.0 Å². The van der Waals surface area contributed by atoms with Gasteiger partial charge >= 0.3 is 0 Å². The molecule has 0 aromatic carbocycles. The maximum atomic E-state index is 5.53. The Labute approximate surface area is 102 Å². The van der Waals surface area contributed by atoms with Gasteiger partial charge in [0.2, 0.25) is 5.95 Å². The van der Waals surface area contributed by atoms with Crippen molar-refractivity contribution in [1.82, 2.24) is 9.97 Å². The highest BCUT2D eigenvalue weighted by atomic mass is 32.1. The van der Waals surface area contributed by atoms with Gasteiger partial charge < -0.3 is 10.6 Å². The Morgan fingerprint density at radius 3 is 2.88 bits per heavy atom. The van der Waals surface area contributed by atoms with Crippen molar-refractivity contribution >= 4 is 23.2 Å². The van der Waals surface area contributed by atoms with E-state index in [2.05, 4.69) is 23.8 Å². The number of rotatable bonds is 5. The molecule has 0 aliphatic carbocycles. The molecule has 0 amide bonds. The monoisotopic (exact) mass is 238 g/mol. The summed E-state index contributed by atoms with van der Waals surface area (Å²) >= 11 is 4.89. The molecule has 0 saturated heterocycles. The zero-order valence-corrected chi connectivity index (χ0v) is 10.8. The molecule has 0 spiro atoms. The number of aromatic nitrogens is 2. The Balaban J connectivity index is 2.79. The van der Waals surface area contributed by atoms with Crippen molar-refractivity contribution in [3.8, 4) is 0 Å². The van der Waals surface area contributed by atoms with Crippen LogP contribution in [0.3, 0.4) is 0 Å². The third kappa shape index (κ3) is 3.41. The SMILES string of the molecule is CCC(C)CN(C)c1nccc(C(N)=S)n1. The Bertz CT molecular complexity index is 367. The maximum absolute atomic E-state index is 5.53. The van der Waals surface area contributed by atoms with Crippen LogP contribution < -0.4 is 10.6 Å². The van der Waals surface area contributed by atoms with Gasteiger partial charge in [0.25, 0.3) is 0 Å². The molecular weight excluding hydrogens is 220 g/mol. The second-order valence-electron chi connectivity index (χ2n) is 4.00. The fourth-order valence-electron chi connectivity index (χ4n) is 1.35. The zero-order valence-electron chi connectivity index (χ0n) is 9.97. The van der Waals surface area contributed by atoms with Crippen LogP contribution >= 0.6 is 12.2 Å². The molecule has 1 unspecified atom stereocenters. The third-order valence-corrected chi connectivity index (χ3v) is 2.73. The summed E-state index contributed by atoms with van der Waals surface area (Å²) in [5.74, 6) is 1.28. The molecule has 0 aliphatic rings. The molecule has 1 rings (SSSR count). The molecule has 0 radical (unpaired) electrons. The van der Waals surface area contributed by atoms with Crippen LogP contribution in [-0.2, 0) is 0 Å². The molecule has 88 valence electrons. The second-order valence-corrected chi connectivity index (χ2v) is 4.44. The molecule has 1 heterocycles. The van der Waals surface area contributed by atoms with Gasteiger partial charge in [-0.25, -0.2) is 9.97 Å². The first-order valence-electron chi connectivity index (χ1n) is 5.38. The Kier molecular flexibility index (Phi) is 4.61. The van der Waals surface area contributed by atoms with Gasteiger partial charge in [0.1, 0.15) is 10.7 Å². The van der Waals surface area contributed by atoms with E-state index in [-0.39, 0.29) is 0 Å². The third-order valence-electron chi connectivity index (χ3n) is 2.52. The minimum atomic E-state index is 0.306. The summed E-state index contributed by atoms with van der Waals surface area (Å²) in [5.41, 5.74) is 6.15. The van der Waals surface area contributed by atoms with Crippen molar-refractivity contribution in [1.29, 1.82) is 0 Å². The lowest BCUT2D eigenvalue weighted by Crippen LogP contribution is -2.26. The number of thiocarbonyl (C=S) groups is 1. The van der Waals surface area contributed by atoms with Crippen LogP contribution in [0.4, 0.5) is 5.95 Å². The summed E-state index contributed by atoms with van der Waals surface area (Å²) in [6.07, 6.45) is 2.82. The van der Waals surface area contributed by atoms with E-state index < -0.39 is 0 Å². The minimum Gasteiger partial charge on any atom is -0.388 e. The Morgan fingerprint density at radius 1 is 1.62 bits per heavy atom. The smallest absolute Gasteiger partial charge is 0.225 e. The van der Waals surface area contributed by atoms with E-state index in [1.165, 1.54) is 0 Å². The van der Waals surface area contributed by atoms with Crippen LogP contribution in [-0.4, -0.2) is 28.5 Å². The predicted molar refractivity (Wildman–Crippen MR) is 70.6 cm³/mol. The molecule has 0 aliphatic heterocycles. The van der Waals surface area contributed by atoms with Gasteiger partial charge in [0, 0.05) is 19.8 Å². The summed E-state index contributed by atoms with van der Waals surface area (Å²) in [5, 5.41) is 0. The molecule has 1 aromatic heterocycles. The molecule has 2 N–H and O–H groups in total. The van der Waals surface area contributed by atoms with Crippen LogP contribution in [0.25, 0.3) is 0 Å². The summed E-state index contributed by atoms with van der Waals surface area (Å²) in [7, 11) is 1.98. The lowest BCUT2D eigenvalue weighted by atomic mass is 10.1. The zero-order chi connectivity index (χ0) is 12.1. The van der Waals surface area contributed by atoms with Crippen LogP contribution in [0.2, 0.25) is 0 Å². The van der Waals surface area contributed by atoms with E-state index >= 15 is 0 Å². The average molecular weight is 238 g/mol.